The molecule has 2 N–H and O–H groups in total. The molecule has 1 aliphatic heterocycles. The summed E-state index contributed by atoms with van der Waals surface area (Å²) in [6.45, 7) is 0. The first-order chi connectivity index (χ1) is 5.04. The Morgan fingerprint density at radius 2 is 2.18 bits per heavy atom. The van der Waals surface area contributed by atoms with Crippen LogP contribution in [0.2, 0.25) is 0 Å². The Labute approximate surface area is 61.8 Å². The van der Waals surface area contributed by atoms with E-state index < -0.39 is 24.3 Å². The van der Waals surface area contributed by atoms with Gasteiger partial charge in [-0.1, -0.05) is 0 Å². The maximum Gasteiger partial charge on any atom is 0.326 e. The number of urea groups is 1. The van der Waals surface area contributed by atoms with Crippen molar-refractivity contribution in [2.75, 3.05) is 7.05 Å². The van der Waals surface area contributed by atoms with E-state index in [0.717, 1.165) is 7.05 Å². The first-order valence-corrected chi connectivity index (χ1v) is 2.94. The highest BCUT2D eigenvalue weighted by Crippen LogP contribution is 2.07. The van der Waals surface area contributed by atoms with Crippen LogP contribution < -0.4 is 5.32 Å². The van der Waals surface area contributed by atoms with Gasteiger partial charge in [-0.3, -0.25) is 9.69 Å². The van der Waals surface area contributed by atoms with Gasteiger partial charge in [0, 0.05) is 7.05 Å². The van der Waals surface area contributed by atoms with Gasteiger partial charge in [0.1, 0.15) is 0 Å². The first-order valence-electron chi connectivity index (χ1n) is 2.94. The number of halogens is 1. The zero-order chi connectivity index (χ0) is 8.59. The summed E-state index contributed by atoms with van der Waals surface area (Å²) in [4.78, 5) is 21.9. The second-order valence-electron chi connectivity index (χ2n) is 2.19. The minimum Gasteiger partial charge on any atom is -0.370 e. The summed E-state index contributed by atoms with van der Waals surface area (Å²) in [6, 6.07) is -0.795. The maximum absolute atomic E-state index is 12.5. The molecule has 11 heavy (non-hydrogen) atoms. The van der Waals surface area contributed by atoms with Crippen molar-refractivity contribution in [3.05, 3.63) is 0 Å². The van der Waals surface area contributed by atoms with E-state index in [1.54, 1.807) is 0 Å². The number of hydrogen-bond acceptors (Lipinski definition) is 3. The van der Waals surface area contributed by atoms with Crippen molar-refractivity contribution < 1.29 is 19.1 Å². The molecule has 6 heteroatoms. The van der Waals surface area contributed by atoms with E-state index in [-0.39, 0.29) is 0 Å². The second kappa shape index (κ2) is 2.46. The predicted octanol–water partition coefficient (Wildman–Crippen LogP) is -1.18. The van der Waals surface area contributed by atoms with Gasteiger partial charge in [0.05, 0.1) is 0 Å². The number of rotatable bonds is 0. The van der Waals surface area contributed by atoms with Gasteiger partial charge in [0.2, 0.25) is 6.17 Å². The molecule has 0 aromatic rings. The molecule has 0 aromatic carbocycles. The highest BCUT2D eigenvalue weighted by molar-refractivity contribution is 5.99. The molecular formula is C5H7FN2O3. The van der Waals surface area contributed by atoms with E-state index in [9.17, 15) is 14.0 Å². The second-order valence-corrected chi connectivity index (χ2v) is 2.19. The summed E-state index contributed by atoms with van der Waals surface area (Å²) in [5, 5.41) is 10.5. The van der Waals surface area contributed by atoms with Gasteiger partial charge in [0.15, 0.2) is 6.23 Å². The van der Waals surface area contributed by atoms with Crippen LogP contribution in [0, 0.1) is 0 Å². The van der Waals surface area contributed by atoms with E-state index in [2.05, 4.69) is 0 Å². The number of amides is 3. The van der Waals surface area contributed by atoms with Crippen LogP contribution in [-0.2, 0) is 4.79 Å². The largest absolute Gasteiger partial charge is 0.370 e. The van der Waals surface area contributed by atoms with Crippen LogP contribution in [0.3, 0.4) is 0 Å². The fourth-order valence-corrected chi connectivity index (χ4v) is 0.717. The monoisotopic (exact) mass is 162 g/mol. The highest BCUT2D eigenvalue weighted by Gasteiger charge is 2.38. The van der Waals surface area contributed by atoms with Crippen molar-refractivity contribution in [3.63, 3.8) is 0 Å². The molecular weight excluding hydrogens is 155 g/mol. The van der Waals surface area contributed by atoms with Crippen LogP contribution in [0.25, 0.3) is 0 Å². The van der Waals surface area contributed by atoms with Crippen LogP contribution in [0.1, 0.15) is 0 Å². The summed E-state index contributed by atoms with van der Waals surface area (Å²) in [5.74, 6) is -1.03. The number of nitrogens with one attached hydrogen (secondary N) is 1. The van der Waals surface area contributed by atoms with E-state index in [4.69, 9.17) is 5.11 Å². The van der Waals surface area contributed by atoms with Gasteiger partial charge in [-0.15, -0.1) is 0 Å². The molecule has 3 amide bonds. The minimum absolute atomic E-state index is 0.581. The average Bonchev–Trinajstić information content (AvgIpc) is 1.97. The molecule has 0 radical (unpaired) electrons. The summed E-state index contributed by atoms with van der Waals surface area (Å²) in [5.41, 5.74) is 0. The van der Waals surface area contributed by atoms with Crippen LogP contribution in [0.15, 0.2) is 0 Å². The number of alkyl halides is 1. The van der Waals surface area contributed by atoms with Crippen molar-refractivity contribution in [3.8, 4) is 0 Å². The Kier molecular flexibility index (Phi) is 1.77. The number of aliphatic hydroxyl groups is 1. The number of hydrogen-bond donors (Lipinski definition) is 2. The van der Waals surface area contributed by atoms with Gasteiger partial charge in [-0.2, -0.15) is 0 Å². The van der Waals surface area contributed by atoms with Crippen molar-refractivity contribution in [2.45, 2.75) is 12.4 Å². The van der Waals surface area contributed by atoms with Crippen LogP contribution >= 0.6 is 0 Å². The Balaban J connectivity index is 2.79. The summed E-state index contributed by atoms with van der Waals surface area (Å²) in [6.07, 6.45) is -3.77. The number of nitrogens with zero attached hydrogens (tertiary/aromatic N) is 1. The fraction of sp³-hybridized carbons (Fsp3) is 0.600. The number of imide groups is 1. The Bertz CT molecular complexity index is 208. The zero-order valence-electron chi connectivity index (χ0n) is 5.74. The van der Waals surface area contributed by atoms with E-state index >= 15 is 0 Å². The number of carbonyl (C=O) groups excluding carboxylic acids is 2. The molecule has 1 heterocycles. The lowest BCUT2D eigenvalue weighted by molar-refractivity contribution is -0.140. The third-order valence-electron chi connectivity index (χ3n) is 1.42. The molecule has 1 saturated heterocycles. The highest BCUT2D eigenvalue weighted by atomic mass is 19.1. The summed E-state index contributed by atoms with van der Waals surface area (Å²) in [7, 11) is 1.14. The minimum atomic E-state index is -2.06. The molecule has 0 bridgehead atoms. The molecule has 0 aliphatic carbocycles. The molecule has 0 saturated carbocycles. The zero-order valence-corrected chi connectivity index (χ0v) is 5.74. The Morgan fingerprint density at radius 1 is 1.64 bits per heavy atom. The lowest BCUT2D eigenvalue weighted by Gasteiger charge is -2.27. The van der Waals surface area contributed by atoms with Crippen LogP contribution in [0.4, 0.5) is 9.18 Å². The molecule has 2 atom stereocenters. The van der Waals surface area contributed by atoms with Gasteiger partial charge < -0.3 is 10.4 Å². The lowest BCUT2D eigenvalue weighted by Crippen LogP contribution is -2.59. The van der Waals surface area contributed by atoms with Gasteiger partial charge in [-0.05, 0) is 0 Å². The van der Waals surface area contributed by atoms with E-state index in [1.165, 1.54) is 0 Å². The molecule has 0 spiro atoms. The van der Waals surface area contributed by atoms with E-state index in [0.29, 0.717) is 4.90 Å². The molecule has 1 rings (SSSR count). The molecule has 0 aromatic heterocycles. The lowest BCUT2D eigenvalue weighted by atomic mass is 10.2. The Morgan fingerprint density at radius 3 is 2.73 bits per heavy atom. The van der Waals surface area contributed by atoms with Crippen molar-refractivity contribution >= 4 is 11.9 Å². The van der Waals surface area contributed by atoms with Crippen LogP contribution in [-0.4, -0.2) is 41.4 Å². The summed E-state index contributed by atoms with van der Waals surface area (Å²) >= 11 is 0. The van der Waals surface area contributed by atoms with Crippen molar-refractivity contribution in [1.82, 2.24) is 10.2 Å². The maximum atomic E-state index is 12.5. The number of carbonyl (C=O) groups is 2. The smallest absolute Gasteiger partial charge is 0.326 e. The normalized spacial score (nSPS) is 32.1. The van der Waals surface area contributed by atoms with E-state index in [1.807, 2.05) is 5.32 Å². The molecule has 1 aliphatic rings. The molecule has 62 valence electrons. The number of aliphatic hydroxyl groups excluding tert-OH is 1. The standard InChI is InChI=1S/C5H7FN2O3/c1-8-4(10)2(6)3(9)7-5(8)11/h2-3,9H,1H3,(H,7,11)/t2-,3+/m1/s1. The van der Waals surface area contributed by atoms with Gasteiger partial charge in [0.25, 0.3) is 5.91 Å². The molecule has 1 fully saturated rings. The van der Waals surface area contributed by atoms with Crippen molar-refractivity contribution in [2.24, 2.45) is 0 Å². The quantitative estimate of drug-likeness (QED) is 0.471. The van der Waals surface area contributed by atoms with Gasteiger partial charge >= 0.3 is 6.03 Å². The van der Waals surface area contributed by atoms with Crippen LogP contribution in [0.5, 0.6) is 0 Å². The summed E-state index contributed by atoms with van der Waals surface area (Å²) < 4.78 is 12.5. The molecule has 0 unspecified atom stereocenters. The van der Waals surface area contributed by atoms with Gasteiger partial charge in [-0.25, -0.2) is 9.18 Å². The van der Waals surface area contributed by atoms with Crippen molar-refractivity contribution in [1.29, 1.82) is 0 Å². The first kappa shape index (κ1) is 7.93. The Hall–Kier alpha value is -1.17. The average molecular weight is 162 g/mol. The third kappa shape index (κ3) is 1.16. The fourth-order valence-electron chi connectivity index (χ4n) is 0.717. The SMILES string of the molecule is CN1C(=O)N[C@@H](O)[C@@H](F)C1=O. The topological polar surface area (TPSA) is 69.6 Å². The third-order valence-corrected chi connectivity index (χ3v) is 1.42. The molecule has 5 nitrogen and oxygen atoms in total. The predicted molar refractivity (Wildman–Crippen MR) is 32.2 cm³/mol.